The summed E-state index contributed by atoms with van der Waals surface area (Å²) < 4.78 is 51.9. The fourth-order valence-corrected chi connectivity index (χ4v) is 5.22. The average Bonchev–Trinajstić information content (AvgIpc) is 3.37. The monoisotopic (exact) mass is 399 g/mol. The molecule has 134 valence electrons. The number of benzene rings is 2. The standard InChI is InChI=1S/C17H18ClNO4S2/c1-24(20,21)14-9-10-15(18)16(11-14)25(22,23)19-17(13-7-8-13)12-5-3-2-4-6-12/h2-6,9-11,13,17,19H,7-8H2,1H3. The van der Waals surface area contributed by atoms with Gasteiger partial charge in [0.05, 0.1) is 9.92 Å². The molecule has 2 aromatic carbocycles. The van der Waals surface area contributed by atoms with Crippen LogP contribution in [-0.2, 0) is 19.9 Å². The maximum atomic E-state index is 12.9. The molecule has 0 bridgehead atoms. The normalized spacial score (nSPS) is 16.6. The molecule has 0 amide bonds. The molecule has 1 N–H and O–H groups in total. The summed E-state index contributed by atoms with van der Waals surface area (Å²) in [6.45, 7) is 0. The number of rotatable bonds is 6. The highest BCUT2D eigenvalue weighted by molar-refractivity contribution is 7.91. The summed E-state index contributed by atoms with van der Waals surface area (Å²) in [6.07, 6.45) is 2.91. The van der Waals surface area contributed by atoms with E-state index in [2.05, 4.69) is 4.72 Å². The Morgan fingerprint density at radius 1 is 1.04 bits per heavy atom. The Bertz CT molecular complexity index is 985. The van der Waals surface area contributed by atoms with E-state index in [0.29, 0.717) is 0 Å². The van der Waals surface area contributed by atoms with E-state index in [9.17, 15) is 16.8 Å². The lowest BCUT2D eigenvalue weighted by molar-refractivity contribution is 0.529. The Hall–Kier alpha value is -1.41. The lowest BCUT2D eigenvalue weighted by Crippen LogP contribution is -2.30. The van der Waals surface area contributed by atoms with Crippen molar-refractivity contribution in [1.82, 2.24) is 4.72 Å². The highest BCUT2D eigenvalue weighted by Gasteiger charge is 2.36. The molecule has 0 radical (unpaired) electrons. The molecule has 2 aromatic rings. The second-order valence-electron chi connectivity index (χ2n) is 6.21. The van der Waals surface area contributed by atoms with Crippen LogP contribution in [0.3, 0.4) is 0 Å². The van der Waals surface area contributed by atoms with E-state index in [-0.39, 0.29) is 26.8 Å². The first-order valence-corrected chi connectivity index (χ1v) is 11.5. The zero-order valence-corrected chi connectivity index (χ0v) is 15.9. The smallest absolute Gasteiger partial charge is 0.224 e. The molecule has 0 aromatic heterocycles. The zero-order chi connectivity index (χ0) is 18.2. The molecule has 1 atom stereocenters. The van der Waals surface area contributed by atoms with Gasteiger partial charge in [-0.2, -0.15) is 0 Å². The van der Waals surface area contributed by atoms with Crippen molar-refractivity contribution in [3.05, 3.63) is 59.1 Å². The van der Waals surface area contributed by atoms with Crippen molar-refractivity contribution in [3.63, 3.8) is 0 Å². The maximum absolute atomic E-state index is 12.9. The Labute approximate surface area is 153 Å². The van der Waals surface area contributed by atoms with Gasteiger partial charge in [-0.15, -0.1) is 0 Å². The van der Waals surface area contributed by atoms with Crippen molar-refractivity contribution >= 4 is 31.5 Å². The Morgan fingerprint density at radius 2 is 1.68 bits per heavy atom. The van der Waals surface area contributed by atoms with Gasteiger partial charge in [-0.1, -0.05) is 41.9 Å². The Kier molecular flexibility index (Phi) is 4.94. The predicted molar refractivity (Wildman–Crippen MR) is 96.8 cm³/mol. The number of sulfone groups is 1. The summed E-state index contributed by atoms with van der Waals surface area (Å²) in [5, 5.41) is -0.0116. The fraction of sp³-hybridized carbons (Fsp3) is 0.294. The average molecular weight is 400 g/mol. The summed E-state index contributed by atoms with van der Waals surface area (Å²) in [5.74, 6) is 0.231. The van der Waals surface area contributed by atoms with E-state index in [1.807, 2.05) is 30.3 Å². The molecule has 1 saturated carbocycles. The largest absolute Gasteiger partial charge is 0.242 e. The number of nitrogens with one attached hydrogen (secondary N) is 1. The molecular formula is C17H18ClNO4S2. The Balaban J connectivity index is 1.99. The van der Waals surface area contributed by atoms with Gasteiger partial charge in [0.25, 0.3) is 0 Å². The highest BCUT2D eigenvalue weighted by atomic mass is 35.5. The molecule has 0 spiro atoms. The van der Waals surface area contributed by atoms with Crippen molar-refractivity contribution in [2.45, 2.75) is 28.7 Å². The van der Waals surface area contributed by atoms with Crippen molar-refractivity contribution in [2.75, 3.05) is 6.26 Å². The van der Waals surface area contributed by atoms with E-state index in [1.54, 1.807) is 0 Å². The van der Waals surface area contributed by atoms with Crippen LogP contribution in [-0.4, -0.2) is 23.1 Å². The van der Waals surface area contributed by atoms with Crippen LogP contribution in [0.4, 0.5) is 0 Å². The molecule has 0 aliphatic heterocycles. The third-order valence-corrected chi connectivity index (χ3v) is 7.19. The van der Waals surface area contributed by atoms with Crippen molar-refractivity contribution in [3.8, 4) is 0 Å². The van der Waals surface area contributed by atoms with Gasteiger partial charge >= 0.3 is 0 Å². The first kappa shape index (κ1) is 18.4. The van der Waals surface area contributed by atoms with Crippen LogP contribution < -0.4 is 4.72 Å². The van der Waals surface area contributed by atoms with Crippen LogP contribution in [0.5, 0.6) is 0 Å². The van der Waals surface area contributed by atoms with Crippen molar-refractivity contribution < 1.29 is 16.8 Å². The lowest BCUT2D eigenvalue weighted by atomic mass is 10.0. The third kappa shape index (κ3) is 4.23. The first-order chi connectivity index (χ1) is 11.7. The van der Waals surface area contributed by atoms with E-state index in [4.69, 9.17) is 11.6 Å². The maximum Gasteiger partial charge on any atom is 0.242 e. The van der Waals surface area contributed by atoms with Gasteiger partial charge in [0.1, 0.15) is 4.90 Å². The molecule has 3 rings (SSSR count). The topological polar surface area (TPSA) is 80.3 Å². The number of halogens is 1. The summed E-state index contributed by atoms with van der Waals surface area (Å²) in [5.41, 5.74) is 0.879. The SMILES string of the molecule is CS(=O)(=O)c1ccc(Cl)c(S(=O)(=O)NC(c2ccccc2)C2CC2)c1. The van der Waals surface area contributed by atoms with Crippen molar-refractivity contribution in [1.29, 1.82) is 0 Å². The van der Waals surface area contributed by atoms with Gasteiger partial charge in [-0.3, -0.25) is 0 Å². The minimum Gasteiger partial charge on any atom is -0.224 e. The Morgan fingerprint density at radius 3 is 2.24 bits per heavy atom. The number of sulfonamides is 1. The molecule has 5 nitrogen and oxygen atoms in total. The molecule has 1 unspecified atom stereocenters. The van der Waals surface area contributed by atoms with Gasteiger partial charge < -0.3 is 0 Å². The summed E-state index contributed by atoms with van der Waals surface area (Å²) in [6, 6.07) is 12.7. The van der Waals surface area contributed by atoms with Crippen LogP contribution >= 0.6 is 11.6 Å². The predicted octanol–water partition coefficient (Wildman–Crippen LogP) is 3.17. The summed E-state index contributed by atoms with van der Waals surface area (Å²) in [4.78, 5) is -0.307. The fourth-order valence-electron chi connectivity index (χ4n) is 2.68. The minimum absolute atomic E-state index is 0.0116. The molecule has 1 aliphatic rings. The van der Waals surface area contributed by atoms with Gasteiger partial charge in [0, 0.05) is 12.3 Å². The number of hydrogen-bond acceptors (Lipinski definition) is 4. The lowest BCUT2D eigenvalue weighted by Gasteiger charge is -2.19. The molecular weight excluding hydrogens is 382 g/mol. The summed E-state index contributed by atoms with van der Waals surface area (Å²) in [7, 11) is -7.51. The van der Waals surface area contributed by atoms with Crippen LogP contribution in [0.15, 0.2) is 58.3 Å². The van der Waals surface area contributed by atoms with Crippen LogP contribution in [0.2, 0.25) is 5.02 Å². The van der Waals surface area contributed by atoms with Gasteiger partial charge in [-0.25, -0.2) is 21.6 Å². The van der Waals surface area contributed by atoms with Gasteiger partial charge in [0.15, 0.2) is 9.84 Å². The zero-order valence-electron chi connectivity index (χ0n) is 13.5. The second kappa shape index (κ2) is 6.72. The molecule has 8 heteroatoms. The molecule has 0 heterocycles. The quantitative estimate of drug-likeness (QED) is 0.808. The van der Waals surface area contributed by atoms with Crippen LogP contribution in [0.25, 0.3) is 0 Å². The third-order valence-electron chi connectivity index (χ3n) is 4.15. The molecule has 25 heavy (non-hydrogen) atoms. The molecule has 1 aliphatic carbocycles. The highest BCUT2D eigenvalue weighted by Crippen LogP contribution is 2.42. The van der Waals surface area contributed by atoms with Gasteiger partial charge in [0.2, 0.25) is 10.0 Å². The molecule has 1 fully saturated rings. The van der Waals surface area contributed by atoms with Crippen LogP contribution in [0, 0.1) is 5.92 Å². The van der Waals surface area contributed by atoms with E-state index in [0.717, 1.165) is 30.7 Å². The number of hydrogen-bond donors (Lipinski definition) is 1. The van der Waals surface area contributed by atoms with Crippen molar-refractivity contribution in [2.24, 2.45) is 5.92 Å². The summed E-state index contributed by atoms with van der Waals surface area (Å²) >= 11 is 6.04. The first-order valence-electron chi connectivity index (χ1n) is 7.75. The minimum atomic E-state index is -3.97. The van der Waals surface area contributed by atoms with Crippen LogP contribution in [0.1, 0.15) is 24.4 Å². The molecule has 0 saturated heterocycles. The van der Waals surface area contributed by atoms with E-state index in [1.165, 1.54) is 12.1 Å². The second-order valence-corrected chi connectivity index (χ2v) is 10.3. The van der Waals surface area contributed by atoms with E-state index >= 15 is 0 Å². The van der Waals surface area contributed by atoms with E-state index < -0.39 is 19.9 Å². The van der Waals surface area contributed by atoms with Gasteiger partial charge in [-0.05, 0) is 42.5 Å².